The van der Waals surface area contributed by atoms with Crippen LogP contribution >= 0.6 is 77.2 Å². The van der Waals surface area contributed by atoms with E-state index in [0.717, 1.165) is 0 Å². The molecule has 0 saturated heterocycles. The average Bonchev–Trinajstić information content (AvgIpc) is 3.96. The smallest absolute Gasteiger partial charge is 0.0711 e. The molecular weight excluding hydrogens is 865 g/mol. The molecule has 6 heteroatoms. The molecule has 0 unspecified atom stereocenters. The molecule has 0 saturated carbocycles. The molecule has 4 heterocycles. The van der Waals surface area contributed by atoms with Gasteiger partial charge in [-0.05, 0) is 117 Å². The predicted molar refractivity (Wildman–Crippen MR) is 251 cm³/mol. The summed E-state index contributed by atoms with van der Waals surface area (Å²) in [5.74, 6) is 0. The topological polar surface area (TPSA) is 0 Å². The minimum Gasteiger partial charge on any atom is -0.143 e. The molecule has 4 aromatic heterocycles. The van der Waals surface area contributed by atoms with Crippen molar-refractivity contribution >= 4 is 118 Å². The lowest BCUT2D eigenvalue weighted by Gasteiger charge is -2.13. The Labute approximate surface area is 348 Å². The largest absolute Gasteiger partial charge is 0.143 e. The Balaban J connectivity index is 0.000000143. The van der Waals surface area contributed by atoms with E-state index in [4.69, 9.17) is 0 Å². The fourth-order valence-electron chi connectivity index (χ4n) is 7.70. The molecule has 0 N–H and O–H groups in total. The van der Waals surface area contributed by atoms with Gasteiger partial charge in [0.1, 0.15) is 0 Å². The van der Waals surface area contributed by atoms with Crippen molar-refractivity contribution in [3.05, 3.63) is 162 Å². The summed E-state index contributed by atoms with van der Waals surface area (Å²) < 4.78 is 7.79. The van der Waals surface area contributed by atoms with Crippen molar-refractivity contribution in [1.29, 1.82) is 0 Å². The lowest BCUT2D eigenvalue weighted by Crippen LogP contribution is -1.86. The molecule has 10 aromatic rings. The highest BCUT2D eigenvalue weighted by Crippen LogP contribution is 2.51. The Morgan fingerprint density at radius 1 is 0.352 bits per heavy atom. The third-order valence-corrected chi connectivity index (χ3v) is 15.1. The Morgan fingerprint density at radius 2 is 0.667 bits per heavy atom. The first-order valence-corrected chi connectivity index (χ1v) is 22.7. The van der Waals surface area contributed by atoms with Crippen molar-refractivity contribution < 1.29 is 0 Å². The summed E-state index contributed by atoms with van der Waals surface area (Å²) in [5, 5.41) is 9.83. The zero-order valence-electron chi connectivity index (χ0n) is 30.1. The second-order valence-electron chi connectivity index (χ2n) is 13.9. The average molecular weight is 899 g/mol. The van der Waals surface area contributed by atoms with Gasteiger partial charge in [0.2, 0.25) is 0 Å². The van der Waals surface area contributed by atoms with Gasteiger partial charge in [-0.3, -0.25) is 0 Å². The van der Waals surface area contributed by atoms with Crippen LogP contribution in [0.15, 0.2) is 140 Å². The molecule has 0 atom stereocenters. The van der Waals surface area contributed by atoms with Crippen LogP contribution in [0.3, 0.4) is 0 Å². The molecular formula is C48H34Br2S4. The Bertz CT molecular complexity index is 2720. The zero-order valence-corrected chi connectivity index (χ0v) is 36.5. The minimum atomic E-state index is 1.17. The number of thiophene rings is 4. The van der Waals surface area contributed by atoms with Crippen LogP contribution in [0.5, 0.6) is 0 Å². The molecule has 54 heavy (non-hydrogen) atoms. The van der Waals surface area contributed by atoms with Gasteiger partial charge in [-0.15, -0.1) is 45.3 Å². The van der Waals surface area contributed by atoms with Gasteiger partial charge < -0.3 is 0 Å². The number of benzene rings is 6. The number of hydrogen-bond acceptors (Lipinski definition) is 4. The van der Waals surface area contributed by atoms with Gasteiger partial charge in [-0.2, -0.15) is 0 Å². The third-order valence-electron chi connectivity index (χ3n) is 9.95. The summed E-state index contributed by atoms with van der Waals surface area (Å²) in [6, 6.07) is 44.6. The van der Waals surface area contributed by atoms with Gasteiger partial charge in [-0.1, -0.05) is 119 Å². The molecule has 0 radical (unpaired) electrons. The van der Waals surface area contributed by atoms with Gasteiger partial charge in [0.05, 0.1) is 7.57 Å². The van der Waals surface area contributed by atoms with Crippen molar-refractivity contribution in [3.63, 3.8) is 0 Å². The lowest BCUT2D eigenvalue weighted by molar-refractivity contribution is 1.47. The van der Waals surface area contributed by atoms with Gasteiger partial charge in [0, 0.05) is 62.6 Å². The van der Waals surface area contributed by atoms with Crippen molar-refractivity contribution in [2.45, 2.75) is 27.7 Å². The van der Waals surface area contributed by atoms with Crippen LogP contribution in [0.25, 0.3) is 84.9 Å². The molecule has 0 aliphatic heterocycles. The predicted octanol–water partition coefficient (Wildman–Crippen LogP) is 17.7. The summed E-state index contributed by atoms with van der Waals surface area (Å²) in [6.07, 6.45) is 0. The maximum absolute atomic E-state index is 3.75. The van der Waals surface area contributed by atoms with Crippen LogP contribution in [-0.2, 0) is 0 Å². The van der Waals surface area contributed by atoms with E-state index >= 15 is 0 Å². The first-order chi connectivity index (χ1) is 26.2. The van der Waals surface area contributed by atoms with Gasteiger partial charge in [0.25, 0.3) is 0 Å². The summed E-state index contributed by atoms with van der Waals surface area (Å²) in [4.78, 5) is 0. The maximum Gasteiger partial charge on any atom is 0.0711 e. The highest BCUT2D eigenvalue weighted by Gasteiger charge is 2.22. The fraction of sp³-hybridized carbons (Fsp3) is 0.0833. The molecule has 6 aromatic carbocycles. The SMILES string of the molecule is Cc1cccc(-c2c3cc(Br)sc3c(-c3cccc(C)c3)c3cc(Br)sc23)c1.Cc1cccc(-c2c3ccsc3c(-c3cccc(C)c3)c3ccsc23)c1. The normalized spacial score (nSPS) is 11.5. The van der Waals surface area contributed by atoms with Crippen LogP contribution in [0.4, 0.5) is 0 Å². The molecule has 0 amide bonds. The van der Waals surface area contributed by atoms with Crippen LogP contribution in [0, 0.1) is 27.7 Å². The summed E-state index contributed by atoms with van der Waals surface area (Å²) in [7, 11) is 0. The van der Waals surface area contributed by atoms with Crippen LogP contribution in [-0.4, -0.2) is 0 Å². The molecule has 0 aliphatic rings. The third kappa shape index (κ3) is 6.51. The highest BCUT2D eigenvalue weighted by atomic mass is 79.9. The van der Waals surface area contributed by atoms with Crippen LogP contribution in [0.2, 0.25) is 0 Å². The number of fused-ring (bicyclic) bond motifs is 4. The maximum atomic E-state index is 3.75. The van der Waals surface area contributed by atoms with Gasteiger partial charge >= 0.3 is 0 Å². The van der Waals surface area contributed by atoms with E-state index in [2.05, 4.69) is 192 Å². The van der Waals surface area contributed by atoms with E-state index in [1.807, 2.05) is 45.3 Å². The zero-order chi connectivity index (χ0) is 37.1. The van der Waals surface area contributed by atoms with Gasteiger partial charge in [-0.25, -0.2) is 0 Å². The standard InChI is InChI=1S/C24H16Br2S2.C24H18S2/c1-13-5-3-7-15(9-13)21-17-11-19(25)28-24(17)22(16-8-4-6-14(2)10-16)18-12-20(26)27-23(18)21;1-15-5-3-7-17(13-15)21-19-9-11-26-24(19)22(20-10-12-25-23(20)21)18-8-4-6-16(2)14-18/h3-12H,1-2H3;3-14H,1-2H3. The van der Waals surface area contributed by atoms with Gasteiger partial charge in [0.15, 0.2) is 0 Å². The van der Waals surface area contributed by atoms with E-state index < -0.39 is 0 Å². The summed E-state index contributed by atoms with van der Waals surface area (Å²) in [5.41, 5.74) is 15.8. The van der Waals surface area contributed by atoms with E-state index in [0.29, 0.717) is 0 Å². The molecule has 264 valence electrons. The first kappa shape index (κ1) is 35.8. The Morgan fingerprint density at radius 3 is 0.981 bits per heavy atom. The summed E-state index contributed by atoms with van der Waals surface area (Å²) in [6.45, 7) is 8.65. The highest BCUT2D eigenvalue weighted by molar-refractivity contribution is 9.11. The van der Waals surface area contributed by atoms with E-state index in [-0.39, 0.29) is 0 Å². The van der Waals surface area contributed by atoms with Crippen molar-refractivity contribution in [3.8, 4) is 44.5 Å². The molecule has 0 nitrogen and oxygen atoms in total. The quantitative estimate of drug-likeness (QED) is 0.165. The monoisotopic (exact) mass is 896 g/mol. The molecule has 10 rings (SSSR count). The molecule has 0 bridgehead atoms. The van der Waals surface area contributed by atoms with E-state index in [9.17, 15) is 0 Å². The number of rotatable bonds is 4. The molecule has 0 aliphatic carbocycles. The van der Waals surface area contributed by atoms with E-state index in [1.54, 1.807) is 0 Å². The second kappa shape index (κ2) is 14.6. The number of aryl methyl sites for hydroxylation is 4. The lowest BCUT2D eigenvalue weighted by atomic mass is 9.93. The second-order valence-corrected chi connectivity index (χ2v) is 20.6. The summed E-state index contributed by atoms with van der Waals surface area (Å²) >= 11 is 14.9. The fourth-order valence-corrected chi connectivity index (χ4v) is 13.0. The van der Waals surface area contributed by atoms with Crippen LogP contribution < -0.4 is 0 Å². The van der Waals surface area contributed by atoms with Crippen molar-refractivity contribution in [2.75, 3.05) is 0 Å². The molecule has 0 fully saturated rings. The van der Waals surface area contributed by atoms with Crippen molar-refractivity contribution in [1.82, 2.24) is 0 Å². The Kier molecular flexibility index (Phi) is 9.71. The van der Waals surface area contributed by atoms with E-state index in [1.165, 1.54) is 115 Å². The first-order valence-electron chi connectivity index (χ1n) is 17.8. The number of halogens is 2. The van der Waals surface area contributed by atoms with Crippen molar-refractivity contribution in [2.24, 2.45) is 0 Å². The Hall–Kier alpha value is -3.88. The molecule has 0 spiro atoms. The minimum absolute atomic E-state index is 1.17. The number of hydrogen-bond donors (Lipinski definition) is 0. The van der Waals surface area contributed by atoms with Crippen LogP contribution in [0.1, 0.15) is 22.3 Å².